The lowest BCUT2D eigenvalue weighted by molar-refractivity contribution is -0.123. The number of methoxy groups -OCH3 is 1. The van der Waals surface area contributed by atoms with Crippen molar-refractivity contribution in [2.24, 2.45) is 0 Å². The quantitative estimate of drug-likeness (QED) is 0.342. The van der Waals surface area contributed by atoms with E-state index in [-0.39, 0.29) is 11.7 Å². The lowest BCUT2D eigenvalue weighted by Gasteiger charge is -2.13. The molecule has 0 aliphatic carbocycles. The Bertz CT molecular complexity index is 860. The summed E-state index contributed by atoms with van der Waals surface area (Å²) in [6.07, 6.45) is 0. The van der Waals surface area contributed by atoms with Crippen molar-refractivity contribution in [1.29, 1.82) is 0 Å². The summed E-state index contributed by atoms with van der Waals surface area (Å²) in [4.78, 5) is 24.3. The van der Waals surface area contributed by atoms with Crippen LogP contribution < -0.4 is 25.6 Å². The first-order valence-electron chi connectivity index (χ1n) is 8.80. The third-order valence-corrected chi connectivity index (χ3v) is 3.78. The molecule has 9 heteroatoms. The number of hydrogen-bond acceptors (Lipinski definition) is 6. The number of hydrazine groups is 1. The monoisotopic (exact) mass is 417 g/mol. The summed E-state index contributed by atoms with van der Waals surface area (Å²) in [6, 6.07) is 14.1. The number of aryl methyl sites for hydroxylation is 1. The highest BCUT2D eigenvalue weighted by Gasteiger charge is 2.14. The minimum Gasteiger partial charge on any atom is -0.490 e. The largest absolute Gasteiger partial charge is 0.490 e. The van der Waals surface area contributed by atoms with Gasteiger partial charge in [0.2, 0.25) is 0 Å². The molecular weight excluding hydrogens is 394 g/mol. The standard InChI is InChI=1S/C20H23N3O5S/c1-14-6-5-7-15(12-14)28-13-18(24)22-23-20(29)21-19(25)16-8-3-4-9-17(16)27-11-10-26-2/h3-9,12H,10-11,13H2,1-2H3,(H,22,24)(H2,21,23,25,29). The topological polar surface area (TPSA) is 97.9 Å². The first-order chi connectivity index (χ1) is 14.0. The maximum atomic E-state index is 12.4. The van der Waals surface area contributed by atoms with E-state index in [1.54, 1.807) is 37.4 Å². The second-order valence-corrected chi connectivity index (χ2v) is 6.31. The molecule has 0 saturated heterocycles. The van der Waals surface area contributed by atoms with E-state index in [0.717, 1.165) is 5.56 Å². The molecule has 0 atom stereocenters. The lowest BCUT2D eigenvalue weighted by Crippen LogP contribution is -2.49. The SMILES string of the molecule is COCCOc1ccccc1C(=O)NC(=S)NNC(=O)COc1cccc(C)c1. The van der Waals surface area contributed by atoms with Gasteiger partial charge in [0.25, 0.3) is 11.8 Å². The molecule has 0 fully saturated rings. The molecule has 2 aromatic rings. The average molecular weight is 417 g/mol. The van der Waals surface area contributed by atoms with Crippen LogP contribution in [0.1, 0.15) is 15.9 Å². The van der Waals surface area contributed by atoms with Crippen LogP contribution in [0.2, 0.25) is 0 Å². The number of ether oxygens (including phenoxy) is 3. The molecule has 0 radical (unpaired) electrons. The Morgan fingerprint density at radius 1 is 1.00 bits per heavy atom. The van der Waals surface area contributed by atoms with Gasteiger partial charge in [-0.3, -0.25) is 25.8 Å². The van der Waals surface area contributed by atoms with Gasteiger partial charge in [0.05, 0.1) is 12.2 Å². The summed E-state index contributed by atoms with van der Waals surface area (Å²) < 4.78 is 15.8. The van der Waals surface area contributed by atoms with Gasteiger partial charge >= 0.3 is 0 Å². The zero-order chi connectivity index (χ0) is 21.1. The summed E-state index contributed by atoms with van der Waals surface area (Å²) in [6.45, 7) is 2.42. The third-order valence-electron chi connectivity index (χ3n) is 3.58. The molecule has 0 aliphatic rings. The molecular formula is C20H23N3O5S. The van der Waals surface area contributed by atoms with Crippen LogP contribution in [0.4, 0.5) is 0 Å². The fourth-order valence-corrected chi connectivity index (χ4v) is 2.38. The maximum absolute atomic E-state index is 12.4. The number of thiocarbonyl (C=S) groups is 1. The molecule has 2 rings (SSSR count). The van der Waals surface area contributed by atoms with Crippen LogP contribution >= 0.6 is 12.2 Å². The van der Waals surface area contributed by atoms with Gasteiger partial charge in [-0.2, -0.15) is 0 Å². The Labute approximate surface area is 174 Å². The number of rotatable bonds is 8. The molecule has 2 amide bonds. The highest BCUT2D eigenvalue weighted by Crippen LogP contribution is 2.17. The smallest absolute Gasteiger partial charge is 0.276 e. The van der Waals surface area contributed by atoms with E-state index in [9.17, 15) is 9.59 Å². The Balaban J connectivity index is 1.78. The van der Waals surface area contributed by atoms with Crippen molar-refractivity contribution >= 4 is 29.1 Å². The average Bonchev–Trinajstić information content (AvgIpc) is 2.71. The van der Waals surface area contributed by atoms with E-state index in [1.165, 1.54) is 0 Å². The van der Waals surface area contributed by atoms with Gasteiger partial charge < -0.3 is 14.2 Å². The Morgan fingerprint density at radius 3 is 2.55 bits per heavy atom. The lowest BCUT2D eigenvalue weighted by atomic mass is 10.2. The number of hydrogen-bond donors (Lipinski definition) is 3. The van der Waals surface area contributed by atoms with Crippen molar-refractivity contribution < 1.29 is 23.8 Å². The normalized spacial score (nSPS) is 10.0. The molecule has 154 valence electrons. The highest BCUT2D eigenvalue weighted by molar-refractivity contribution is 7.80. The predicted octanol–water partition coefficient (Wildman–Crippen LogP) is 1.73. The van der Waals surface area contributed by atoms with Crippen molar-refractivity contribution in [2.45, 2.75) is 6.92 Å². The molecule has 0 spiro atoms. The Hall–Kier alpha value is -3.17. The van der Waals surface area contributed by atoms with E-state index < -0.39 is 11.8 Å². The molecule has 0 heterocycles. The van der Waals surface area contributed by atoms with E-state index >= 15 is 0 Å². The second-order valence-electron chi connectivity index (χ2n) is 5.90. The maximum Gasteiger partial charge on any atom is 0.276 e. The third kappa shape index (κ3) is 7.76. The number of nitrogens with one attached hydrogen (secondary N) is 3. The molecule has 8 nitrogen and oxygen atoms in total. The highest BCUT2D eigenvalue weighted by atomic mass is 32.1. The second kappa shape index (κ2) is 11.6. The number of amides is 2. The van der Waals surface area contributed by atoms with Gasteiger partial charge in [-0.1, -0.05) is 24.3 Å². The molecule has 0 aliphatic heterocycles. The molecule has 0 unspecified atom stereocenters. The van der Waals surface area contributed by atoms with Gasteiger partial charge in [-0.15, -0.1) is 0 Å². The zero-order valence-corrected chi connectivity index (χ0v) is 17.0. The Kier molecular flexibility index (Phi) is 8.87. The summed E-state index contributed by atoms with van der Waals surface area (Å²) in [5.41, 5.74) is 6.16. The van der Waals surface area contributed by atoms with Gasteiger partial charge in [0.15, 0.2) is 11.7 Å². The van der Waals surface area contributed by atoms with E-state index in [0.29, 0.717) is 30.3 Å². The molecule has 0 bridgehead atoms. The van der Waals surface area contributed by atoms with Crippen LogP contribution in [0.15, 0.2) is 48.5 Å². The summed E-state index contributed by atoms with van der Waals surface area (Å²) in [5, 5.41) is 2.41. The van der Waals surface area contributed by atoms with Crippen molar-refractivity contribution in [3.05, 3.63) is 59.7 Å². The van der Waals surface area contributed by atoms with Crippen LogP contribution in [0, 0.1) is 6.92 Å². The van der Waals surface area contributed by atoms with Crippen molar-refractivity contribution in [3.63, 3.8) is 0 Å². The van der Waals surface area contributed by atoms with Crippen molar-refractivity contribution in [1.82, 2.24) is 16.2 Å². The fourth-order valence-electron chi connectivity index (χ4n) is 2.23. The molecule has 0 aromatic heterocycles. The zero-order valence-electron chi connectivity index (χ0n) is 16.2. The first kappa shape index (κ1) is 22.1. The van der Waals surface area contributed by atoms with Crippen LogP contribution in [0.25, 0.3) is 0 Å². The van der Waals surface area contributed by atoms with Gasteiger partial charge in [-0.25, -0.2) is 0 Å². The minimum atomic E-state index is -0.472. The number of benzene rings is 2. The van der Waals surface area contributed by atoms with Crippen LogP contribution in [-0.2, 0) is 9.53 Å². The number of para-hydroxylation sites is 1. The fraction of sp³-hybridized carbons (Fsp3) is 0.250. The minimum absolute atomic E-state index is 0.0643. The van der Waals surface area contributed by atoms with Crippen LogP contribution in [-0.4, -0.2) is 43.9 Å². The molecule has 2 aromatic carbocycles. The number of carbonyl (C=O) groups is 2. The van der Waals surface area contributed by atoms with Crippen molar-refractivity contribution in [3.8, 4) is 11.5 Å². The number of carbonyl (C=O) groups excluding carboxylic acids is 2. The summed E-state index contributed by atoms with van der Waals surface area (Å²) >= 11 is 5.03. The van der Waals surface area contributed by atoms with E-state index in [4.69, 9.17) is 26.4 Å². The van der Waals surface area contributed by atoms with E-state index in [2.05, 4.69) is 16.2 Å². The Morgan fingerprint density at radius 2 is 1.79 bits per heavy atom. The van der Waals surface area contributed by atoms with Crippen LogP contribution in [0.5, 0.6) is 11.5 Å². The van der Waals surface area contributed by atoms with Gasteiger partial charge in [-0.05, 0) is 49.0 Å². The van der Waals surface area contributed by atoms with Gasteiger partial charge in [0.1, 0.15) is 18.1 Å². The van der Waals surface area contributed by atoms with Crippen molar-refractivity contribution in [2.75, 3.05) is 26.9 Å². The van der Waals surface area contributed by atoms with Gasteiger partial charge in [0, 0.05) is 7.11 Å². The first-order valence-corrected chi connectivity index (χ1v) is 9.21. The van der Waals surface area contributed by atoms with E-state index in [1.807, 2.05) is 25.1 Å². The molecule has 29 heavy (non-hydrogen) atoms. The molecule has 3 N–H and O–H groups in total. The predicted molar refractivity (Wildman–Crippen MR) is 112 cm³/mol. The summed E-state index contributed by atoms with van der Waals surface area (Å²) in [5.74, 6) is 0.0636. The van der Waals surface area contributed by atoms with Crippen LogP contribution in [0.3, 0.4) is 0 Å². The summed E-state index contributed by atoms with van der Waals surface area (Å²) in [7, 11) is 1.56. The molecule has 0 saturated carbocycles.